The van der Waals surface area contributed by atoms with Crippen LogP contribution in [0.25, 0.3) is 0 Å². The van der Waals surface area contributed by atoms with Crippen LogP contribution in [0.5, 0.6) is 5.75 Å². The van der Waals surface area contributed by atoms with Crippen LogP contribution in [-0.2, 0) is 23.8 Å². The van der Waals surface area contributed by atoms with Crippen molar-refractivity contribution in [3.8, 4) is 5.75 Å². The highest BCUT2D eigenvalue weighted by atomic mass is 16.6. The summed E-state index contributed by atoms with van der Waals surface area (Å²) < 4.78 is 19.9. The highest BCUT2D eigenvalue weighted by Gasteiger charge is 2.09. The Kier molecular flexibility index (Phi) is 7.89. The van der Waals surface area contributed by atoms with Gasteiger partial charge in [-0.05, 0) is 26.0 Å². The van der Waals surface area contributed by atoms with E-state index in [0.29, 0.717) is 5.75 Å². The first-order chi connectivity index (χ1) is 10.1. The smallest absolute Gasteiger partial charge is 0.344 e. The van der Waals surface area contributed by atoms with E-state index >= 15 is 0 Å². The molecule has 0 saturated carbocycles. The standard InChI is InChI=1S/C15H20O6/c1-12(2)20-10-15(17)21-11-14(16)19-9-8-18-13-6-4-3-5-7-13/h3-7,12H,8-11H2,1-2H3. The van der Waals surface area contributed by atoms with Crippen LogP contribution in [0, 0.1) is 0 Å². The molecule has 0 spiro atoms. The third kappa shape index (κ3) is 8.65. The van der Waals surface area contributed by atoms with Crippen molar-refractivity contribution in [3.05, 3.63) is 30.3 Å². The molecule has 6 nitrogen and oxygen atoms in total. The molecule has 6 heteroatoms. The van der Waals surface area contributed by atoms with Gasteiger partial charge in [-0.1, -0.05) is 18.2 Å². The average Bonchev–Trinajstić information content (AvgIpc) is 2.48. The highest BCUT2D eigenvalue weighted by molar-refractivity contribution is 5.76. The normalized spacial score (nSPS) is 10.2. The zero-order chi connectivity index (χ0) is 15.5. The van der Waals surface area contributed by atoms with E-state index in [2.05, 4.69) is 0 Å². The fraction of sp³-hybridized carbons (Fsp3) is 0.467. The van der Waals surface area contributed by atoms with E-state index < -0.39 is 18.5 Å². The maximum atomic E-state index is 11.3. The van der Waals surface area contributed by atoms with Gasteiger partial charge in [-0.15, -0.1) is 0 Å². The number of rotatable bonds is 9. The number of carbonyl (C=O) groups is 2. The van der Waals surface area contributed by atoms with E-state index in [9.17, 15) is 9.59 Å². The summed E-state index contributed by atoms with van der Waals surface area (Å²) in [5, 5.41) is 0. The van der Waals surface area contributed by atoms with Crippen molar-refractivity contribution >= 4 is 11.9 Å². The van der Waals surface area contributed by atoms with Crippen LogP contribution in [0.2, 0.25) is 0 Å². The largest absolute Gasteiger partial charge is 0.490 e. The fourth-order valence-electron chi connectivity index (χ4n) is 1.29. The maximum absolute atomic E-state index is 11.3. The van der Waals surface area contributed by atoms with Crippen molar-refractivity contribution < 1.29 is 28.5 Å². The Bertz CT molecular complexity index is 429. The molecule has 1 aromatic carbocycles. The second-order valence-corrected chi connectivity index (χ2v) is 4.40. The molecule has 0 unspecified atom stereocenters. The SMILES string of the molecule is CC(C)OCC(=O)OCC(=O)OCCOc1ccccc1. The minimum atomic E-state index is -0.621. The van der Waals surface area contributed by atoms with Crippen molar-refractivity contribution in [2.24, 2.45) is 0 Å². The van der Waals surface area contributed by atoms with Crippen LogP contribution in [-0.4, -0.2) is 44.5 Å². The Morgan fingerprint density at radius 3 is 2.29 bits per heavy atom. The van der Waals surface area contributed by atoms with E-state index in [-0.39, 0.29) is 25.9 Å². The first-order valence-corrected chi connectivity index (χ1v) is 6.68. The van der Waals surface area contributed by atoms with E-state index in [0.717, 1.165) is 0 Å². The first kappa shape index (κ1) is 17.0. The number of esters is 2. The Labute approximate surface area is 123 Å². The summed E-state index contributed by atoms with van der Waals surface area (Å²) >= 11 is 0. The maximum Gasteiger partial charge on any atom is 0.344 e. The third-order valence-electron chi connectivity index (χ3n) is 2.24. The molecule has 0 saturated heterocycles. The number of para-hydroxylation sites is 1. The Morgan fingerprint density at radius 2 is 1.62 bits per heavy atom. The summed E-state index contributed by atoms with van der Waals surface area (Å²) in [6.45, 7) is 3.32. The van der Waals surface area contributed by atoms with Crippen LogP contribution >= 0.6 is 0 Å². The molecule has 0 aliphatic heterocycles. The second-order valence-electron chi connectivity index (χ2n) is 4.40. The van der Waals surface area contributed by atoms with Crippen LogP contribution in [0.4, 0.5) is 0 Å². The molecule has 21 heavy (non-hydrogen) atoms. The zero-order valence-corrected chi connectivity index (χ0v) is 12.2. The van der Waals surface area contributed by atoms with Crippen LogP contribution in [0.1, 0.15) is 13.8 Å². The molecule has 0 atom stereocenters. The number of carbonyl (C=O) groups excluding carboxylic acids is 2. The molecule has 0 heterocycles. The van der Waals surface area contributed by atoms with Crippen molar-refractivity contribution in [1.29, 1.82) is 0 Å². The molecule has 0 bridgehead atoms. The van der Waals surface area contributed by atoms with Gasteiger partial charge in [0.25, 0.3) is 0 Å². The van der Waals surface area contributed by atoms with Gasteiger partial charge in [0.1, 0.15) is 25.6 Å². The van der Waals surface area contributed by atoms with Gasteiger partial charge in [0, 0.05) is 0 Å². The second kappa shape index (κ2) is 9.77. The topological polar surface area (TPSA) is 71.1 Å². The lowest BCUT2D eigenvalue weighted by molar-refractivity contribution is -0.162. The van der Waals surface area contributed by atoms with E-state index in [1.807, 2.05) is 18.2 Å². The summed E-state index contributed by atoms with van der Waals surface area (Å²) in [5.74, 6) is -0.517. The summed E-state index contributed by atoms with van der Waals surface area (Å²) in [7, 11) is 0. The monoisotopic (exact) mass is 296 g/mol. The van der Waals surface area contributed by atoms with Crippen molar-refractivity contribution in [2.45, 2.75) is 20.0 Å². The molecule has 0 N–H and O–H groups in total. The van der Waals surface area contributed by atoms with Crippen LogP contribution in [0.3, 0.4) is 0 Å². The predicted octanol–water partition coefficient (Wildman–Crippen LogP) is 1.58. The highest BCUT2D eigenvalue weighted by Crippen LogP contribution is 2.07. The van der Waals surface area contributed by atoms with Gasteiger partial charge in [0.2, 0.25) is 0 Å². The van der Waals surface area contributed by atoms with Gasteiger partial charge in [0.05, 0.1) is 6.10 Å². The van der Waals surface area contributed by atoms with Gasteiger partial charge in [0.15, 0.2) is 6.61 Å². The van der Waals surface area contributed by atoms with Crippen molar-refractivity contribution in [3.63, 3.8) is 0 Å². The Hall–Kier alpha value is -2.08. The average molecular weight is 296 g/mol. The predicted molar refractivity (Wildman–Crippen MR) is 74.9 cm³/mol. The van der Waals surface area contributed by atoms with Gasteiger partial charge >= 0.3 is 11.9 Å². The number of hydrogen-bond donors (Lipinski definition) is 0. The molecule has 0 fully saturated rings. The molecule has 116 valence electrons. The lowest BCUT2D eigenvalue weighted by atomic mass is 10.3. The van der Waals surface area contributed by atoms with E-state index in [1.54, 1.807) is 26.0 Å². The molecule has 1 rings (SSSR count). The van der Waals surface area contributed by atoms with E-state index in [1.165, 1.54) is 0 Å². The fourth-order valence-corrected chi connectivity index (χ4v) is 1.29. The Morgan fingerprint density at radius 1 is 0.952 bits per heavy atom. The minimum Gasteiger partial charge on any atom is -0.490 e. The summed E-state index contributed by atoms with van der Waals surface area (Å²) in [5.41, 5.74) is 0. The molecule has 0 aromatic heterocycles. The lowest BCUT2D eigenvalue weighted by Gasteiger charge is -2.09. The zero-order valence-electron chi connectivity index (χ0n) is 12.2. The molecule has 0 amide bonds. The molecular weight excluding hydrogens is 276 g/mol. The van der Waals surface area contributed by atoms with Crippen LogP contribution < -0.4 is 4.74 Å². The quantitative estimate of drug-likeness (QED) is 0.509. The van der Waals surface area contributed by atoms with Gasteiger partial charge in [-0.25, -0.2) is 9.59 Å². The molecule has 0 aliphatic carbocycles. The molecule has 0 aliphatic rings. The Balaban J connectivity index is 2.05. The third-order valence-corrected chi connectivity index (χ3v) is 2.24. The molecular formula is C15H20O6. The summed E-state index contributed by atoms with van der Waals surface area (Å²) in [4.78, 5) is 22.5. The minimum absolute atomic E-state index is 0.0698. The molecule has 0 radical (unpaired) electrons. The number of ether oxygens (including phenoxy) is 4. The van der Waals surface area contributed by atoms with Crippen molar-refractivity contribution in [2.75, 3.05) is 26.4 Å². The first-order valence-electron chi connectivity index (χ1n) is 6.68. The van der Waals surface area contributed by atoms with Gasteiger partial charge in [-0.3, -0.25) is 0 Å². The van der Waals surface area contributed by atoms with Gasteiger partial charge in [-0.2, -0.15) is 0 Å². The molecule has 1 aromatic rings. The number of hydrogen-bond acceptors (Lipinski definition) is 6. The van der Waals surface area contributed by atoms with Crippen molar-refractivity contribution in [1.82, 2.24) is 0 Å². The lowest BCUT2D eigenvalue weighted by Crippen LogP contribution is -2.22. The summed E-state index contributed by atoms with van der Waals surface area (Å²) in [6, 6.07) is 9.18. The summed E-state index contributed by atoms with van der Waals surface area (Å²) in [6.07, 6.45) is -0.0698. The van der Waals surface area contributed by atoms with E-state index in [4.69, 9.17) is 18.9 Å². The number of benzene rings is 1. The van der Waals surface area contributed by atoms with Crippen LogP contribution in [0.15, 0.2) is 30.3 Å². The van der Waals surface area contributed by atoms with Gasteiger partial charge < -0.3 is 18.9 Å².